The number of carbonyl (C=O) groups is 3. The number of β-lactam (4-membered cyclic amide) rings is 1. The van der Waals surface area contributed by atoms with Crippen LogP contribution in [-0.2, 0) is 4.79 Å². The first-order valence-corrected chi connectivity index (χ1v) is 11.4. The second kappa shape index (κ2) is 8.20. The van der Waals surface area contributed by atoms with Gasteiger partial charge in [0.1, 0.15) is 17.4 Å². The summed E-state index contributed by atoms with van der Waals surface area (Å²) in [5.41, 5.74) is 0.0238. The molecule has 3 aromatic rings. The lowest BCUT2D eigenvalue weighted by Gasteiger charge is -2.49. The summed E-state index contributed by atoms with van der Waals surface area (Å²) < 4.78 is 16.1. The Kier molecular flexibility index (Phi) is 5.06. The Hall–Kier alpha value is -4.64. The van der Waals surface area contributed by atoms with Gasteiger partial charge in [-0.2, -0.15) is 0 Å². The van der Waals surface area contributed by atoms with Crippen molar-refractivity contribution in [3.05, 3.63) is 86.4 Å². The number of carbonyl (C=O) groups excluding carboxylic acids is 3. The normalized spacial score (nSPS) is 19.7. The molecule has 186 valence electrons. The van der Waals surface area contributed by atoms with Crippen LogP contribution in [-0.4, -0.2) is 47.5 Å². The van der Waals surface area contributed by atoms with Gasteiger partial charge in [-0.3, -0.25) is 29.4 Å². The van der Waals surface area contributed by atoms with Crippen molar-refractivity contribution < 1.29 is 33.5 Å². The smallest absolute Gasteiger partial charge is 0.282 e. The number of fused-ring (bicyclic) bond motifs is 2. The fourth-order valence-electron chi connectivity index (χ4n) is 4.94. The summed E-state index contributed by atoms with van der Waals surface area (Å²) >= 11 is 6.31. The summed E-state index contributed by atoms with van der Waals surface area (Å²) in [6, 6.07) is 11.6. The topological polar surface area (TPSA) is 129 Å². The predicted molar refractivity (Wildman–Crippen MR) is 128 cm³/mol. The summed E-state index contributed by atoms with van der Waals surface area (Å²) in [6.07, 6.45) is 0. The monoisotopic (exact) mass is 521 g/mol. The number of nitrogens with zero attached hydrogens (tertiary/aromatic N) is 3. The van der Waals surface area contributed by atoms with E-state index in [0.29, 0.717) is 28.5 Å². The second-order valence-electron chi connectivity index (χ2n) is 8.47. The molecular weight excluding hydrogens is 506 g/mol. The van der Waals surface area contributed by atoms with E-state index in [1.54, 1.807) is 36.4 Å². The van der Waals surface area contributed by atoms with Crippen LogP contribution in [0.5, 0.6) is 17.2 Å². The summed E-state index contributed by atoms with van der Waals surface area (Å²) in [5, 5.41) is 11.8. The van der Waals surface area contributed by atoms with Crippen molar-refractivity contribution >= 4 is 40.7 Å². The van der Waals surface area contributed by atoms with E-state index in [1.165, 1.54) is 24.1 Å². The van der Waals surface area contributed by atoms with Gasteiger partial charge in [0, 0.05) is 11.8 Å². The number of hydrogen-bond donors (Lipinski definition) is 0. The maximum Gasteiger partial charge on any atom is 0.282 e. The van der Waals surface area contributed by atoms with E-state index in [9.17, 15) is 24.5 Å². The molecular formula is C25H16ClN3O8. The van der Waals surface area contributed by atoms with Crippen LogP contribution >= 0.6 is 11.6 Å². The molecule has 0 spiro atoms. The Morgan fingerprint density at radius 2 is 1.76 bits per heavy atom. The maximum atomic E-state index is 13.6. The third-order valence-electron chi connectivity index (χ3n) is 6.62. The van der Waals surface area contributed by atoms with E-state index in [0.717, 1.165) is 11.0 Å². The molecule has 0 bridgehead atoms. The third-order valence-corrected chi connectivity index (χ3v) is 6.91. The number of rotatable bonds is 5. The van der Waals surface area contributed by atoms with Crippen LogP contribution in [0.1, 0.15) is 32.3 Å². The van der Waals surface area contributed by atoms with Crippen LogP contribution in [0.15, 0.2) is 54.6 Å². The van der Waals surface area contributed by atoms with E-state index < -0.39 is 40.4 Å². The zero-order valence-electron chi connectivity index (χ0n) is 19.0. The number of hydrogen-bond acceptors (Lipinski definition) is 8. The van der Waals surface area contributed by atoms with Gasteiger partial charge in [-0.1, -0.05) is 23.7 Å². The molecule has 3 amide bonds. The molecule has 2 atom stereocenters. The van der Waals surface area contributed by atoms with Crippen molar-refractivity contribution in [1.82, 2.24) is 4.90 Å². The van der Waals surface area contributed by atoms with Gasteiger partial charge >= 0.3 is 0 Å². The van der Waals surface area contributed by atoms with Crippen LogP contribution < -0.4 is 19.1 Å². The van der Waals surface area contributed by atoms with Crippen molar-refractivity contribution in [3.8, 4) is 17.2 Å². The number of halogens is 1. The number of ether oxygens (including phenoxy) is 3. The molecule has 3 aliphatic heterocycles. The number of methoxy groups -OCH3 is 1. The highest BCUT2D eigenvalue weighted by atomic mass is 35.5. The lowest BCUT2D eigenvalue weighted by Crippen LogP contribution is -2.67. The van der Waals surface area contributed by atoms with E-state index in [2.05, 4.69) is 0 Å². The Balaban J connectivity index is 1.46. The number of nitro benzene ring substituents is 1. The van der Waals surface area contributed by atoms with Gasteiger partial charge in [-0.05, 0) is 42.0 Å². The minimum Gasteiger partial charge on any atom is -0.495 e. The fraction of sp³-hybridized carbons (Fsp3) is 0.160. The molecule has 12 heteroatoms. The SMILES string of the molecule is COc1ccc(N2C(=O)[C@H](N3C(=O)c4cccc([N+](=O)[O-])c4C3=O)[C@@H]2c2ccc3c(c2)OCO3)cc1Cl. The molecule has 0 saturated carbocycles. The molecule has 6 rings (SSSR count). The van der Waals surface area contributed by atoms with Crippen LogP contribution in [0, 0.1) is 10.1 Å². The minimum absolute atomic E-state index is 0.0334. The molecule has 0 aromatic heterocycles. The highest BCUT2D eigenvalue weighted by molar-refractivity contribution is 6.32. The summed E-state index contributed by atoms with van der Waals surface area (Å²) in [5.74, 6) is -0.866. The predicted octanol–water partition coefficient (Wildman–Crippen LogP) is 3.74. The molecule has 0 N–H and O–H groups in total. The van der Waals surface area contributed by atoms with Crippen molar-refractivity contribution in [1.29, 1.82) is 0 Å². The average Bonchev–Trinajstić information content (AvgIpc) is 3.45. The van der Waals surface area contributed by atoms with Gasteiger partial charge in [0.15, 0.2) is 11.5 Å². The molecule has 0 radical (unpaired) electrons. The number of imide groups is 1. The maximum absolute atomic E-state index is 13.6. The van der Waals surface area contributed by atoms with Gasteiger partial charge in [-0.15, -0.1) is 0 Å². The van der Waals surface area contributed by atoms with E-state index in [1.807, 2.05) is 0 Å². The number of nitro groups is 1. The third kappa shape index (κ3) is 3.24. The van der Waals surface area contributed by atoms with Gasteiger partial charge in [0.2, 0.25) is 6.79 Å². The number of anilines is 1. The van der Waals surface area contributed by atoms with Gasteiger partial charge < -0.3 is 19.1 Å². The quantitative estimate of drug-likeness (QED) is 0.215. The van der Waals surface area contributed by atoms with E-state index in [-0.39, 0.29) is 22.9 Å². The van der Waals surface area contributed by atoms with Crippen molar-refractivity contribution in [3.63, 3.8) is 0 Å². The first kappa shape index (κ1) is 22.8. The van der Waals surface area contributed by atoms with Crippen LogP contribution in [0.25, 0.3) is 0 Å². The first-order chi connectivity index (χ1) is 17.8. The average molecular weight is 522 g/mol. The standard InChI is InChI=1S/C25H16ClN3O8/c1-35-17-8-6-13(10-15(17)26)27-21(12-5-7-18-19(9-12)37-11-36-18)22(25(27)32)28-23(30)14-3-2-4-16(29(33)34)20(14)24(28)31/h2-10,21-22H,11H2,1H3/t21-,22+/m0/s1. The molecule has 3 aliphatic rings. The van der Waals surface area contributed by atoms with Gasteiger partial charge in [-0.25, -0.2) is 0 Å². The van der Waals surface area contributed by atoms with Crippen LogP contribution in [0.3, 0.4) is 0 Å². The lowest BCUT2D eigenvalue weighted by molar-refractivity contribution is -0.385. The second-order valence-corrected chi connectivity index (χ2v) is 8.87. The van der Waals surface area contributed by atoms with Crippen LogP contribution in [0.4, 0.5) is 11.4 Å². The largest absolute Gasteiger partial charge is 0.495 e. The van der Waals surface area contributed by atoms with E-state index >= 15 is 0 Å². The molecule has 11 nitrogen and oxygen atoms in total. The Labute approximate surface area is 213 Å². The molecule has 1 saturated heterocycles. The zero-order valence-corrected chi connectivity index (χ0v) is 19.8. The van der Waals surface area contributed by atoms with Crippen molar-refractivity contribution in [2.24, 2.45) is 0 Å². The summed E-state index contributed by atoms with van der Waals surface area (Å²) in [6.45, 7) is 0.0334. The zero-order chi connectivity index (χ0) is 26.0. The highest BCUT2D eigenvalue weighted by Crippen LogP contribution is 2.48. The molecule has 3 heterocycles. The van der Waals surface area contributed by atoms with Crippen molar-refractivity contribution in [2.45, 2.75) is 12.1 Å². The van der Waals surface area contributed by atoms with Gasteiger partial charge in [0.05, 0.1) is 28.7 Å². The molecule has 1 fully saturated rings. The molecule has 3 aromatic carbocycles. The number of benzene rings is 3. The summed E-state index contributed by atoms with van der Waals surface area (Å²) in [4.78, 5) is 53.4. The lowest BCUT2D eigenvalue weighted by atomic mass is 9.86. The van der Waals surface area contributed by atoms with Crippen molar-refractivity contribution in [2.75, 3.05) is 18.8 Å². The minimum atomic E-state index is -1.26. The Bertz CT molecular complexity index is 1540. The molecule has 37 heavy (non-hydrogen) atoms. The summed E-state index contributed by atoms with van der Waals surface area (Å²) in [7, 11) is 1.46. The highest BCUT2D eigenvalue weighted by Gasteiger charge is 2.58. The van der Waals surface area contributed by atoms with E-state index in [4.69, 9.17) is 25.8 Å². The fourth-order valence-corrected chi connectivity index (χ4v) is 5.19. The van der Waals surface area contributed by atoms with Crippen LogP contribution in [0.2, 0.25) is 5.02 Å². The first-order valence-electron chi connectivity index (χ1n) is 11.0. The van der Waals surface area contributed by atoms with Gasteiger partial charge in [0.25, 0.3) is 23.4 Å². The Morgan fingerprint density at radius 3 is 2.49 bits per heavy atom. The Morgan fingerprint density at radius 1 is 0.973 bits per heavy atom. The number of amides is 3. The molecule has 0 aliphatic carbocycles. The molecule has 0 unspecified atom stereocenters.